The van der Waals surface area contributed by atoms with E-state index in [1.165, 1.54) is 24.1 Å². The minimum absolute atomic E-state index is 0.0593. The van der Waals surface area contributed by atoms with E-state index in [0.717, 1.165) is 28.3 Å². The van der Waals surface area contributed by atoms with Crippen LogP contribution in [0.25, 0.3) is 0 Å². The van der Waals surface area contributed by atoms with E-state index in [1.807, 2.05) is 38.1 Å². The number of amides is 2. The topological polar surface area (TPSA) is 96.0 Å². The molecule has 208 valence electrons. The first kappa shape index (κ1) is 29.7. The number of aryl methyl sites for hydroxylation is 1. The minimum Gasteiger partial charge on any atom is -0.497 e. The van der Waals surface area contributed by atoms with Crippen molar-refractivity contribution < 1.29 is 22.7 Å². The fraction of sp³-hybridized carbons (Fsp3) is 0.333. The van der Waals surface area contributed by atoms with Crippen molar-refractivity contribution in [3.63, 3.8) is 0 Å². The predicted molar refractivity (Wildman–Crippen MR) is 153 cm³/mol. The molecule has 0 spiro atoms. The zero-order valence-electron chi connectivity index (χ0n) is 23.0. The lowest BCUT2D eigenvalue weighted by Gasteiger charge is -2.32. The minimum atomic E-state index is -4.10. The summed E-state index contributed by atoms with van der Waals surface area (Å²) >= 11 is 0. The average molecular weight is 552 g/mol. The zero-order chi connectivity index (χ0) is 28.4. The molecule has 0 bridgehead atoms. The molecule has 3 rings (SSSR count). The predicted octanol–water partition coefficient (Wildman–Crippen LogP) is 4.53. The number of anilines is 1. The smallest absolute Gasteiger partial charge is 0.264 e. The second-order valence-corrected chi connectivity index (χ2v) is 11.2. The van der Waals surface area contributed by atoms with Crippen molar-refractivity contribution in [2.75, 3.05) is 24.5 Å². The molecule has 1 atom stereocenters. The maximum Gasteiger partial charge on any atom is 0.264 e. The molecule has 39 heavy (non-hydrogen) atoms. The van der Waals surface area contributed by atoms with Crippen molar-refractivity contribution in [2.45, 2.75) is 51.1 Å². The van der Waals surface area contributed by atoms with Crippen LogP contribution in [0.3, 0.4) is 0 Å². The summed E-state index contributed by atoms with van der Waals surface area (Å²) in [5.74, 6) is -0.227. The van der Waals surface area contributed by atoms with Crippen LogP contribution in [0.2, 0.25) is 0 Å². The number of ether oxygens (including phenoxy) is 1. The second kappa shape index (κ2) is 13.8. The lowest BCUT2D eigenvalue weighted by molar-refractivity contribution is -0.139. The molecule has 0 unspecified atom stereocenters. The number of hydrogen-bond acceptors (Lipinski definition) is 5. The second-order valence-electron chi connectivity index (χ2n) is 9.35. The Morgan fingerprint density at radius 1 is 0.949 bits per heavy atom. The Bertz CT molecular complexity index is 1330. The molecule has 0 aliphatic heterocycles. The highest BCUT2D eigenvalue weighted by Gasteiger charge is 2.32. The summed E-state index contributed by atoms with van der Waals surface area (Å²) in [7, 11) is -2.58. The Hall–Kier alpha value is -3.85. The van der Waals surface area contributed by atoms with E-state index in [-0.39, 0.29) is 17.3 Å². The van der Waals surface area contributed by atoms with Crippen molar-refractivity contribution >= 4 is 27.5 Å². The van der Waals surface area contributed by atoms with E-state index in [9.17, 15) is 18.0 Å². The number of carbonyl (C=O) groups excluding carboxylic acids is 2. The molecular weight excluding hydrogens is 514 g/mol. The fourth-order valence-corrected chi connectivity index (χ4v) is 5.44. The van der Waals surface area contributed by atoms with Crippen LogP contribution in [0.1, 0.15) is 37.8 Å². The van der Waals surface area contributed by atoms with E-state index in [1.54, 1.807) is 49.4 Å². The van der Waals surface area contributed by atoms with E-state index >= 15 is 0 Å². The van der Waals surface area contributed by atoms with Crippen molar-refractivity contribution in [1.82, 2.24) is 10.2 Å². The monoisotopic (exact) mass is 551 g/mol. The molecule has 1 N–H and O–H groups in total. The third-order valence-electron chi connectivity index (χ3n) is 6.44. The molecule has 0 aromatic heterocycles. The Kier molecular flexibility index (Phi) is 10.5. The molecule has 8 nitrogen and oxygen atoms in total. The Balaban J connectivity index is 1.98. The number of sulfonamides is 1. The quantitative estimate of drug-likeness (QED) is 0.315. The highest BCUT2D eigenvalue weighted by molar-refractivity contribution is 7.92. The third-order valence-corrected chi connectivity index (χ3v) is 8.23. The molecule has 2 amide bonds. The molecular formula is C30H37N3O5S. The van der Waals surface area contributed by atoms with Gasteiger partial charge in [0.25, 0.3) is 10.0 Å². The first-order chi connectivity index (χ1) is 18.7. The molecule has 0 fully saturated rings. The third kappa shape index (κ3) is 7.83. The summed E-state index contributed by atoms with van der Waals surface area (Å²) in [6.45, 7) is 5.84. The fourth-order valence-electron chi connectivity index (χ4n) is 4.01. The molecule has 0 saturated heterocycles. The highest BCUT2D eigenvalue weighted by Crippen LogP contribution is 2.26. The molecule has 0 radical (unpaired) electrons. The molecule has 3 aromatic carbocycles. The van der Waals surface area contributed by atoms with E-state index in [2.05, 4.69) is 5.32 Å². The van der Waals surface area contributed by atoms with Crippen molar-refractivity contribution in [3.05, 3.63) is 90.0 Å². The summed E-state index contributed by atoms with van der Waals surface area (Å²) in [4.78, 5) is 28.4. The van der Waals surface area contributed by atoms with Crippen molar-refractivity contribution in [2.24, 2.45) is 0 Å². The van der Waals surface area contributed by atoms with Crippen LogP contribution >= 0.6 is 0 Å². The van der Waals surface area contributed by atoms with Gasteiger partial charge in [0.15, 0.2) is 0 Å². The van der Waals surface area contributed by atoms with Gasteiger partial charge in [-0.2, -0.15) is 0 Å². The van der Waals surface area contributed by atoms with Gasteiger partial charge in [0, 0.05) is 13.1 Å². The molecule has 0 heterocycles. The number of nitrogens with zero attached hydrogens (tertiary/aromatic N) is 2. The molecule has 0 aliphatic carbocycles. The Labute approximate surface area is 231 Å². The number of benzene rings is 3. The van der Waals surface area contributed by atoms with Gasteiger partial charge in [-0.3, -0.25) is 13.9 Å². The van der Waals surface area contributed by atoms with Gasteiger partial charge < -0.3 is 15.0 Å². The zero-order valence-corrected chi connectivity index (χ0v) is 23.8. The summed E-state index contributed by atoms with van der Waals surface area (Å²) < 4.78 is 33.8. The number of unbranched alkanes of at least 4 members (excludes halogenated alkanes) is 1. The number of carbonyl (C=O) groups is 2. The largest absolute Gasteiger partial charge is 0.497 e. The molecule has 3 aromatic rings. The van der Waals surface area contributed by atoms with Gasteiger partial charge >= 0.3 is 0 Å². The van der Waals surface area contributed by atoms with Gasteiger partial charge in [0.2, 0.25) is 11.8 Å². The number of rotatable bonds is 13. The number of nitrogens with one attached hydrogen (secondary N) is 1. The SMILES string of the molecule is CCCCNC(=O)[C@@H](C)N(Cc1ccc(C)cc1)C(=O)CN(c1ccc(OC)cc1)S(=O)(=O)c1ccccc1. The van der Waals surface area contributed by atoms with Crippen molar-refractivity contribution in [3.8, 4) is 5.75 Å². The van der Waals surface area contributed by atoms with Gasteiger partial charge in [0.1, 0.15) is 18.3 Å². The van der Waals surface area contributed by atoms with Gasteiger partial charge in [0.05, 0.1) is 17.7 Å². The van der Waals surface area contributed by atoms with Gasteiger partial charge in [-0.15, -0.1) is 0 Å². The first-order valence-electron chi connectivity index (χ1n) is 13.0. The van der Waals surface area contributed by atoms with Crippen LogP contribution in [0.15, 0.2) is 83.8 Å². The molecule has 0 saturated carbocycles. The van der Waals surface area contributed by atoms with E-state index in [0.29, 0.717) is 18.0 Å². The maximum absolute atomic E-state index is 13.9. The van der Waals surface area contributed by atoms with Crippen LogP contribution in [0.4, 0.5) is 5.69 Å². The van der Waals surface area contributed by atoms with Gasteiger partial charge in [-0.05, 0) is 62.2 Å². The lowest BCUT2D eigenvalue weighted by atomic mass is 10.1. The summed E-state index contributed by atoms with van der Waals surface area (Å²) in [5.41, 5.74) is 2.22. The number of methoxy groups -OCH3 is 1. The van der Waals surface area contributed by atoms with E-state index in [4.69, 9.17) is 4.74 Å². The van der Waals surface area contributed by atoms with Crippen LogP contribution in [0, 0.1) is 6.92 Å². The average Bonchev–Trinajstić information content (AvgIpc) is 2.95. The summed E-state index contributed by atoms with van der Waals surface area (Å²) in [6, 6.07) is 21.3. The first-order valence-corrected chi connectivity index (χ1v) is 14.5. The van der Waals surface area contributed by atoms with Gasteiger partial charge in [-0.1, -0.05) is 61.4 Å². The van der Waals surface area contributed by atoms with Crippen LogP contribution in [-0.2, 0) is 26.2 Å². The van der Waals surface area contributed by atoms with Crippen LogP contribution in [0.5, 0.6) is 5.75 Å². The molecule has 9 heteroatoms. The maximum atomic E-state index is 13.9. The highest BCUT2D eigenvalue weighted by atomic mass is 32.2. The van der Waals surface area contributed by atoms with Gasteiger partial charge in [-0.25, -0.2) is 8.42 Å². The Morgan fingerprint density at radius 2 is 1.59 bits per heavy atom. The van der Waals surface area contributed by atoms with Crippen molar-refractivity contribution in [1.29, 1.82) is 0 Å². The van der Waals surface area contributed by atoms with Crippen LogP contribution in [-0.4, -0.2) is 51.4 Å². The number of hydrogen-bond donors (Lipinski definition) is 1. The Morgan fingerprint density at radius 3 is 2.18 bits per heavy atom. The van der Waals surface area contributed by atoms with E-state index < -0.39 is 28.5 Å². The summed E-state index contributed by atoms with van der Waals surface area (Å²) in [5, 5.41) is 2.89. The lowest BCUT2D eigenvalue weighted by Crippen LogP contribution is -2.51. The standard InChI is InChI=1S/C30H37N3O5S/c1-5-6-20-31-30(35)24(3)32(21-25-14-12-23(2)13-15-25)29(34)22-33(26-16-18-27(38-4)19-17-26)39(36,37)28-10-8-7-9-11-28/h7-19,24H,5-6,20-22H2,1-4H3,(H,31,35)/t24-/m1/s1. The summed E-state index contributed by atoms with van der Waals surface area (Å²) in [6.07, 6.45) is 1.75. The molecule has 0 aliphatic rings. The normalized spacial score (nSPS) is 11.9. The van der Waals surface area contributed by atoms with Crippen LogP contribution < -0.4 is 14.4 Å².